The molecule has 1 fully saturated rings. The predicted molar refractivity (Wildman–Crippen MR) is 148 cm³/mol. The molecule has 1 aliphatic rings. The van der Waals surface area contributed by atoms with Gasteiger partial charge in [0, 0.05) is 10.7 Å². The number of amides is 1. The van der Waals surface area contributed by atoms with E-state index in [9.17, 15) is 14.7 Å². The number of rotatable bonds is 8. The summed E-state index contributed by atoms with van der Waals surface area (Å²) in [6, 6.07) is 15.7. The molecular weight excluding hydrogens is 529 g/mol. The summed E-state index contributed by atoms with van der Waals surface area (Å²) in [5, 5.41) is 11.9. The molecule has 0 bridgehead atoms. The highest BCUT2D eigenvalue weighted by Gasteiger charge is 2.47. The Morgan fingerprint density at radius 3 is 2.32 bits per heavy atom. The van der Waals surface area contributed by atoms with Crippen molar-refractivity contribution < 1.29 is 28.9 Å². The van der Waals surface area contributed by atoms with Crippen LogP contribution in [0.3, 0.4) is 0 Å². The molecule has 1 heterocycles. The third-order valence-electron chi connectivity index (χ3n) is 6.02. The van der Waals surface area contributed by atoms with Gasteiger partial charge in [0.15, 0.2) is 0 Å². The van der Waals surface area contributed by atoms with Gasteiger partial charge in [0.25, 0.3) is 11.7 Å². The first-order valence-electron chi connectivity index (χ1n) is 11.9. The molecule has 1 unspecified atom stereocenters. The summed E-state index contributed by atoms with van der Waals surface area (Å²) in [4.78, 5) is 28.3. The maximum absolute atomic E-state index is 13.5. The van der Waals surface area contributed by atoms with Gasteiger partial charge < -0.3 is 19.3 Å². The molecule has 0 spiro atoms. The minimum Gasteiger partial charge on any atom is -0.507 e. The van der Waals surface area contributed by atoms with Gasteiger partial charge in [-0.3, -0.25) is 14.5 Å². The van der Waals surface area contributed by atoms with E-state index < -0.39 is 23.5 Å². The van der Waals surface area contributed by atoms with E-state index >= 15 is 0 Å². The molecule has 1 N–H and O–H groups in total. The number of carbonyl (C=O) groups is 2. The molecule has 1 aliphatic heterocycles. The van der Waals surface area contributed by atoms with E-state index in [1.54, 1.807) is 48.5 Å². The van der Waals surface area contributed by atoms with Crippen LogP contribution < -0.4 is 19.1 Å². The number of aliphatic hydroxyl groups is 1. The van der Waals surface area contributed by atoms with Gasteiger partial charge in [-0.2, -0.15) is 0 Å². The third kappa shape index (κ3) is 5.30. The first-order valence-corrected chi connectivity index (χ1v) is 12.6. The van der Waals surface area contributed by atoms with Crippen LogP contribution in [0.5, 0.6) is 17.2 Å². The molecule has 1 saturated heterocycles. The summed E-state index contributed by atoms with van der Waals surface area (Å²) in [6.07, 6.45) is 0. The molecule has 0 saturated carbocycles. The Labute approximate surface area is 231 Å². The molecule has 4 rings (SSSR count). The predicted octanol–water partition coefficient (Wildman–Crippen LogP) is 6.67. The van der Waals surface area contributed by atoms with Crippen LogP contribution in [0.1, 0.15) is 31.0 Å². The maximum atomic E-state index is 13.5. The minimum absolute atomic E-state index is 0.0910. The summed E-state index contributed by atoms with van der Waals surface area (Å²) in [6.45, 7) is 4.63. The molecule has 3 aromatic carbocycles. The van der Waals surface area contributed by atoms with Crippen molar-refractivity contribution in [3.63, 3.8) is 0 Å². The van der Waals surface area contributed by atoms with E-state index in [1.807, 2.05) is 13.8 Å². The van der Waals surface area contributed by atoms with Gasteiger partial charge in [-0.05, 0) is 60.0 Å². The zero-order chi connectivity index (χ0) is 27.6. The summed E-state index contributed by atoms with van der Waals surface area (Å²) in [5.74, 6) is -0.509. The lowest BCUT2D eigenvalue weighted by atomic mass is 9.94. The van der Waals surface area contributed by atoms with E-state index in [0.717, 1.165) is 0 Å². The van der Waals surface area contributed by atoms with Gasteiger partial charge in [-0.25, -0.2) is 0 Å². The quantitative estimate of drug-likeness (QED) is 0.190. The largest absolute Gasteiger partial charge is 0.507 e. The van der Waals surface area contributed by atoms with Crippen molar-refractivity contribution in [1.29, 1.82) is 0 Å². The van der Waals surface area contributed by atoms with Crippen molar-refractivity contribution in [2.75, 3.05) is 25.7 Å². The second kappa shape index (κ2) is 11.4. The Morgan fingerprint density at radius 1 is 0.974 bits per heavy atom. The highest BCUT2D eigenvalue weighted by atomic mass is 35.5. The molecule has 0 radical (unpaired) electrons. The van der Waals surface area contributed by atoms with Gasteiger partial charge in [-0.1, -0.05) is 49.2 Å². The summed E-state index contributed by atoms with van der Waals surface area (Å²) in [7, 11) is 2.90. The third-order valence-corrected chi connectivity index (χ3v) is 6.52. The van der Waals surface area contributed by atoms with Crippen LogP contribution in [0.25, 0.3) is 5.76 Å². The number of ether oxygens (including phenoxy) is 3. The second-order valence-electron chi connectivity index (χ2n) is 9.11. The van der Waals surface area contributed by atoms with E-state index in [2.05, 4.69) is 0 Å². The van der Waals surface area contributed by atoms with Gasteiger partial charge in [-0.15, -0.1) is 0 Å². The second-order valence-corrected chi connectivity index (χ2v) is 9.96. The smallest absolute Gasteiger partial charge is 0.300 e. The topological polar surface area (TPSA) is 85.3 Å². The van der Waals surface area contributed by atoms with Crippen LogP contribution in [0.4, 0.5) is 5.69 Å². The fourth-order valence-corrected chi connectivity index (χ4v) is 4.85. The number of methoxy groups -OCH3 is 2. The molecule has 198 valence electrons. The van der Waals surface area contributed by atoms with Crippen molar-refractivity contribution in [1.82, 2.24) is 0 Å². The number of nitrogens with zero attached hydrogens (tertiary/aromatic N) is 1. The zero-order valence-electron chi connectivity index (χ0n) is 21.3. The number of hydrogen-bond donors (Lipinski definition) is 1. The minimum atomic E-state index is -0.977. The SMILES string of the molecule is COc1cccc(C2/C(=C(\O)c3cc(Cl)cc(Cl)c3OC)C(=O)C(=O)N2c2ccc(OCC(C)C)cc2)c1. The van der Waals surface area contributed by atoms with Crippen LogP contribution in [-0.4, -0.2) is 37.6 Å². The number of benzene rings is 3. The summed E-state index contributed by atoms with van der Waals surface area (Å²) in [5.41, 5.74) is 0.956. The van der Waals surface area contributed by atoms with Gasteiger partial charge in [0.05, 0.1) is 43.0 Å². The number of hydrogen-bond acceptors (Lipinski definition) is 6. The molecule has 1 amide bonds. The number of aliphatic hydroxyl groups excluding tert-OH is 1. The van der Waals surface area contributed by atoms with Crippen LogP contribution in [0, 0.1) is 5.92 Å². The van der Waals surface area contributed by atoms with Gasteiger partial charge in [0.1, 0.15) is 23.0 Å². The molecule has 1 atom stereocenters. The molecule has 3 aromatic rings. The number of halogens is 2. The summed E-state index contributed by atoms with van der Waals surface area (Å²) >= 11 is 12.5. The summed E-state index contributed by atoms with van der Waals surface area (Å²) < 4.78 is 16.5. The van der Waals surface area contributed by atoms with Gasteiger partial charge >= 0.3 is 0 Å². The van der Waals surface area contributed by atoms with Crippen molar-refractivity contribution in [2.24, 2.45) is 5.92 Å². The average molecular weight is 556 g/mol. The zero-order valence-corrected chi connectivity index (χ0v) is 22.8. The standard InChI is InChI=1S/C29H27Cl2NO6/c1-16(2)15-38-20-10-8-19(9-11-20)32-25(17-6-5-7-21(12-17)36-3)24(27(34)29(32)35)26(33)22-13-18(30)14-23(31)28(22)37-4/h5-14,16,25,33H,15H2,1-4H3/b26-24+. The highest BCUT2D eigenvalue weighted by molar-refractivity contribution is 6.52. The monoisotopic (exact) mass is 555 g/mol. The number of Topliss-reactive ketones (excluding diaryl/α,β-unsaturated/α-hetero) is 1. The lowest BCUT2D eigenvalue weighted by molar-refractivity contribution is -0.132. The molecule has 38 heavy (non-hydrogen) atoms. The Kier molecular flexibility index (Phi) is 8.19. The van der Waals surface area contributed by atoms with E-state index in [4.69, 9.17) is 37.4 Å². The van der Waals surface area contributed by atoms with E-state index in [1.165, 1.54) is 31.3 Å². The van der Waals surface area contributed by atoms with E-state index in [0.29, 0.717) is 35.3 Å². The highest BCUT2D eigenvalue weighted by Crippen LogP contribution is 2.45. The molecule has 7 nitrogen and oxygen atoms in total. The normalized spacial score (nSPS) is 16.7. The van der Waals surface area contributed by atoms with Crippen molar-refractivity contribution in [3.05, 3.63) is 87.4 Å². The van der Waals surface area contributed by atoms with Crippen LogP contribution >= 0.6 is 23.2 Å². The molecule has 9 heteroatoms. The lowest BCUT2D eigenvalue weighted by Crippen LogP contribution is -2.29. The van der Waals surface area contributed by atoms with Crippen molar-refractivity contribution in [2.45, 2.75) is 19.9 Å². The Bertz CT molecular complexity index is 1400. The maximum Gasteiger partial charge on any atom is 0.300 e. The van der Waals surface area contributed by atoms with E-state index in [-0.39, 0.29) is 26.9 Å². The van der Waals surface area contributed by atoms with Gasteiger partial charge in [0.2, 0.25) is 0 Å². The lowest BCUT2D eigenvalue weighted by Gasteiger charge is -2.26. The Morgan fingerprint density at radius 2 is 1.68 bits per heavy atom. The van der Waals surface area contributed by atoms with Crippen molar-refractivity contribution >= 4 is 46.3 Å². The molecule has 0 aliphatic carbocycles. The van der Waals surface area contributed by atoms with Crippen LogP contribution in [0.2, 0.25) is 10.0 Å². The first kappa shape index (κ1) is 27.4. The van der Waals surface area contributed by atoms with Crippen molar-refractivity contribution in [3.8, 4) is 17.2 Å². The number of carbonyl (C=O) groups excluding carboxylic acids is 2. The Balaban J connectivity index is 1.91. The average Bonchev–Trinajstić information content (AvgIpc) is 3.17. The number of anilines is 1. The van der Waals surface area contributed by atoms with Crippen LogP contribution in [-0.2, 0) is 9.59 Å². The molecule has 0 aromatic heterocycles. The molecular formula is C29H27Cl2NO6. The Hall–Kier alpha value is -3.68. The fraction of sp³-hybridized carbons (Fsp3) is 0.241. The first-order chi connectivity index (χ1) is 18.2. The fourth-order valence-electron chi connectivity index (χ4n) is 4.28. The van der Waals surface area contributed by atoms with Crippen LogP contribution in [0.15, 0.2) is 66.2 Å². The number of ketones is 1.